The number of urea groups is 1. The number of hydrogen-bond donors (Lipinski definition) is 2. The Bertz CT molecular complexity index is 1570. The van der Waals surface area contributed by atoms with E-state index in [-0.39, 0.29) is 6.03 Å². The maximum Gasteiger partial charge on any atom is 0.323 e. The second-order valence-corrected chi connectivity index (χ2v) is 11.4. The largest absolute Gasteiger partial charge is 0.438 e. The summed E-state index contributed by atoms with van der Waals surface area (Å²) in [4.78, 5) is 31.0. The molecule has 2 aromatic heterocycles. The van der Waals surface area contributed by atoms with Crippen molar-refractivity contribution in [3.05, 3.63) is 83.9 Å². The number of nitrogens with zero attached hydrogens (tertiary/aromatic N) is 5. The van der Waals surface area contributed by atoms with Crippen LogP contribution in [0.2, 0.25) is 0 Å². The van der Waals surface area contributed by atoms with Crippen molar-refractivity contribution in [1.82, 2.24) is 19.9 Å². The highest BCUT2D eigenvalue weighted by atomic mass is 16.5. The summed E-state index contributed by atoms with van der Waals surface area (Å²) in [5, 5.41) is 6.11. The number of rotatable bonds is 12. The van der Waals surface area contributed by atoms with Crippen molar-refractivity contribution in [2.75, 3.05) is 49.8 Å². The van der Waals surface area contributed by atoms with Crippen LogP contribution in [0.15, 0.2) is 67.0 Å². The van der Waals surface area contributed by atoms with Crippen LogP contribution in [0.4, 0.5) is 21.9 Å². The number of aromatic nitrogens is 3. The quantitative estimate of drug-likeness (QED) is 0.185. The number of pyridine rings is 1. The van der Waals surface area contributed by atoms with Gasteiger partial charge in [-0.1, -0.05) is 13.0 Å². The predicted octanol–water partition coefficient (Wildman–Crippen LogP) is 7.11. The van der Waals surface area contributed by atoms with Gasteiger partial charge in [-0.15, -0.1) is 0 Å². The highest BCUT2D eigenvalue weighted by molar-refractivity contribution is 6.02. The zero-order valence-corrected chi connectivity index (χ0v) is 25.7. The standard InChI is InChI=1S/C34H41N7O2/c1-6-32-35-18-16-28(38-32)27-9-7-17-36-33(27)43-31-15-13-26(21-23(31)2)37-34(42)39-29-22-25(24-10-11-24)12-14-30(29)41(5)20-8-19-40(3)4/h7,9,12-18,21-22,24H,6,8,10-11,19-20H2,1-5H3,(H2,37,39,42). The molecule has 1 aliphatic rings. The summed E-state index contributed by atoms with van der Waals surface area (Å²) in [6, 6.07) is 17.4. The van der Waals surface area contributed by atoms with Gasteiger partial charge in [-0.05, 0) is 112 Å². The molecule has 1 aliphatic carbocycles. The first kappa shape index (κ1) is 30.0. The zero-order valence-electron chi connectivity index (χ0n) is 25.7. The van der Waals surface area contributed by atoms with E-state index in [2.05, 4.69) is 74.7 Å². The van der Waals surface area contributed by atoms with Crippen LogP contribution in [-0.2, 0) is 6.42 Å². The van der Waals surface area contributed by atoms with Crippen molar-refractivity contribution < 1.29 is 9.53 Å². The minimum atomic E-state index is -0.286. The summed E-state index contributed by atoms with van der Waals surface area (Å²) in [5.41, 5.74) is 6.20. The molecule has 0 radical (unpaired) electrons. The number of aryl methyl sites for hydroxylation is 2. The fourth-order valence-electron chi connectivity index (χ4n) is 5.02. The number of anilines is 3. The second kappa shape index (κ2) is 13.6. The lowest BCUT2D eigenvalue weighted by Gasteiger charge is -2.24. The number of hydrogen-bond acceptors (Lipinski definition) is 7. The van der Waals surface area contributed by atoms with Gasteiger partial charge in [0.25, 0.3) is 0 Å². The van der Waals surface area contributed by atoms with Gasteiger partial charge in [-0.2, -0.15) is 0 Å². The van der Waals surface area contributed by atoms with Gasteiger partial charge in [0.2, 0.25) is 5.88 Å². The van der Waals surface area contributed by atoms with Gasteiger partial charge < -0.3 is 25.2 Å². The van der Waals surface area contributed by atoms with Crippen molar-refractivity contribution in [1.29, 1.82) is 0 Å². The van der Waals surface area contributed by atoms with Crippen LogP contribution >= 0.6 is 0 Å². The number of benzene rings is 2. The number of carbonyl (C=O) groups is 1. The number of ether oxygens (including phenoxy) is 1. The molecule has 0 atom stereocenters. The van der Waals surface area contributed by atoms with E-state index in [1.807, 2.05) is 50.2 Å². The van der Waals surface area contributed by atoms with Crippen molar-refractivity contribution in [2.45, 2.75) is 45.4 Å². The molecule has 0 aliphatic heterocycles. The van der Waals surface area contributed by atoms with Crippen LogP contribution in [0.5, 0.6) is 11.6 Å². The van der Waals surface area contributed by atoms with Crippen LogP contribution in [0.1, 0.15) is 49.1 Å². The lowest BCUT2D eigenvalue weighted by atomic mass is 10.1. The number of nitrogens with one attached hydrogen (secondary N) is 2. The molecule has 0 saturated heterocycles. The molecule has 4 aromatic rings. The van der Waals surface area contributed by atoms with Gasteiger partial charge in [0.05, 0.1) is 22.6 Å². The monoisotopic (exact) mass is 579 g/mol. The van der Waals surface area contributed by atoms with E-state index in [0.29, 0.717) is 23.2 Å². The minimum absolute atomic E-state index is 0.286. The summed E-state index contributed by atoms with van der Waals surface area (Å²) >= 11 is 0. The Kier molecular flexibility index (Phi) is 9.51. The molecular weight excluding hydrogens is 538 g/mol. The van der Waals surface area contributed by atoms with Gasteiger partial charge in [-0.3, -0.25) is 0 Å². The number of amides is 2. The molecular formula is C34H41N7O2. The third kappa shape index (κ3) is 7.87. The molecule has 2 aromatic carbocycles. The third-order valence-electron chi connectivity index (χ3n) is 7.54. The van der Waals surface area contributed by atoms with Gasteiger partial charge in [0.15, 0.2) is 0 Å². The third-order valence-corrected chi connectivity index (χ3v) is 7.54. The summed E-state index contributed by atoms with van der Waals surface area (Å²) in [6.07, 6.45) is 7.64. The Hall–Kier alpha value is -4.50. The smallest absolute Gasteiger partial charge is 0.323 e. The van der Waals surface area contributed by atoms with Gasteiger partial charge in [-0.25, -0.2) is 19.7 Å². The molecule has 0 spiro atoms. The highest BCUT2D eigenvalue weighted by Gasteiger charge is 2.25. The van der Waals surface area contributed by atoms with E-state index in [1.54, 1.807) is 12.4 Å². The van der Waals surface area contributed by atoms with E-state index in [9.17, 15) is 4.79 Å². The normalized spacial score (nSPS) is 12.7. The van der Waals surface area contributed by atoms with E-state index >= 15 is 0 Å². The van der Waals surface area contributed by atoms with Gasteiger partial charge in [0, 0.05) is 38.1 Å². The molecule has 9 heteroatoms. The molecule has 1 saturated carbocycles. The van der Waals surface area contributed by atoms with Crippen LogP contribution in [-0.4, -0.2) is 60.1 Å². The van der Waals surface area contributed by atoms with Crippen LogP contribution in [0, 0.1) is 6.92 Å². The first-order valence-corrected chi connectivity index (χ1v) is 14.9. The highest BCUT2D eigenvalue weighted by Crippen LogP contribution is 2.42. The Balaban J connectivity index is 1.28. The Morgan fingerprint density at radius 3 is 2.56 bits per heavy atom. The number of carbonyl (C=O) groups excluding carboxylic acids is 1. The van der Waals surface area contributed by atoms with Crippen LogP contribution < -0.4 is 20.3 Å². The minimum Gasteiger partial charge on any atom is -0.438 e. The summed E-state index contributed by atoms with van der Waals surface area (Å²) in [7, 11) is 6.24. The average Bonchev–Trinajstić information content (AvgIpc) is 3.84. The molecule has 5 rings (SSSR count). The Morgan fingerprint density at radius 2 is 1.81 bits per heavy atom. The summed E-state index contributed by atoms with van der Waals surface area (Å²) in [6.45, 7) is 5.87. The van der Waals surface area contributed by atoms with Crippen molar-refractivity contribution >= 4 is 23.1 Å². The molecule has 2 heterocycles. The Morgan fingerprint density at radius 1 is 0.977 bits per heavy atom. The molecule has 0 bridgehead atoms. The maximum atomic E-state index is 13.2. The first-order chi connectivity index (χ1) is 20.8. The lowest BCUT2D eigenvalue weighted by Crippen LogP contribution is -2.26. The first-order valence-electron chi connectivity index (χ1n) is 14.9. The van der Waals surface area contributed by atoms with Crippen molar-refractivity contribution in [3.63, 3.8) is 0 Å². The molecule has 0 unspecified atom stereocenters. The van der Waals surface area contributed by atoms with E-state index in [0.717, 1.165) is 60.0 Å². The predicted molar refractivity (Wildman–Crippen MR) is 173 cm³/mol. The molecule has 1 fully saturated rings. The fourth-order valence-corrected chi connectivity index (χ4v) is 5.02. The average molecular weight is 580 g/mol. The zero-order chi connectivity index (χ0) is 30.3. The van der Waals surface area contributed by atoms with Crippen molar-refractivity contribution in [2.24, 2.45) is 0 Å². The van der Waals surface area contributed by atoms with Crippen molar-refractivity contribution in [3.8, 4) is 22.9 Å². The molecule has 2 N–H and O–H groups in total. The SMILES string of the molecule is CCc1nccc(-c2cccnc2Oc2ccc(NC(=O)Nc3cc(C4CC4)ccc3N(C)CCCN(C)C)cc2C)n1. The molecule has 2 amide bonds. The molecule has 43 heavy (non-hydrogen) atoms. The van der Waals surface area contributed by atoms with E-state index < -0.39 is 0 Å². The van der Waals surface area contributed by atoms with E-state index in [4.69, 9.17) is 4.74 Å². The topological polar surface area (TPSA) is 95.5 Å². The van der Waals surface area contributed by atoms with Crippen LogP contribution in [0.25, 0.3) is 11.3 Å². The summed E-state index contributed by atoms with van der Waals surface area (Å²) < 4.78 is 6.25. The van der Waals surface area contributed by atoms with Gasteiger partial charge in [0.1, 0.15) is 11.6 Å². The van der Waals surface area contributed by atoms with Crippen LogP contribution in [0.3, 0.4) is 0 Å². The summed E-state index contributed by atoms with van der Waals surface area (Å²) in [5.74, 6) is 2.46. The maximum absolute atomic E-state index is 13.2. The second-order valence-electron chi connectivity index (χ2n) is 11.4. The molecule has 224 valence electrons. The lowest BCUT2D eigenvalue weighted by molar-refractivity contribution is 0.262. The van der Waals surface area contributed by atoms with E-state index in [1.165, 1.54) is 18.4 Å². The van der Waals surface area contributed by atoms with Gasteiger partial charge >= 0.3 is 6.03 Å². The Labute approximate surface area is 254 Å². The molecule has 9 nitrogen and oxygen atoms in total. The fraction of sp³-hybridized carbons (Fsp3) is 0.353.